The van der Waals surface area contributed by atoms with Crippen LogP contribution in [0.25, 0.3) is 10.8 Å². The highest BCUT2D eigenvalue weighted by atomic mass is 19.1. The Bertz CT molecular complexity index is 937. The summed E-state index contributed by atoms with van der Waals surface area (Å²) >= 11 is 0. The van der Waals surface area contributed by atoms with Crippen molar-refractivity contribution < 1.29 is 13.9 Å². The molecule has 0 radical (unpaired) electrons. The van der Waals surface area contributed by atoms with Gasteiger partial charge in [-0.25, -0.2) is 4.39 Å². The maximum absolute atomic E-state index is 13.1. The molecule has 5 nitrogen and oxygen atoms in total. The third-order valence-electron chi connectivity index (χ3n) is 4.50. The summed E-state index contributed by atoms with van der Waals surface area (Å²) in [7, 11) is 0. The molecule has 0 saturated carbocycles. The Morgan fingerprint density at radius 2 is 1.88 bits per heavy atom. The van der Waals surface area contributed by atoms with Crippen molar-refractivity contribution in [3.8, 4) is 0 Å². The SMILES string of the molecule is O=C(Nc1ccc(Nc2ccc(F)cc2)c2ccncc12)[C@@H]1CCOC1. The van der Waals surface area contributed by atoms with Crippen LogP contribution >= 0.6 is 0 Å². The van der Waals surface area contributed by atoms with Crippen LogP contribution in [0.2, 0.25) is 0 Å². The fourth-order valence-corrected chi connectivity index (χ4v) is 3.07. The second-order valence-electron chi connectivity index (χ2n) is 6.26. The van der Waals surface area contributed by atoms with Crippen molar-refractivity contribution in [3.63, 3.8) is 0 Å². The molecule has 0 spiro atoms. The Hall–Kier alpha value is -2.99. The molecule has 2 N–H and O–H groups in total. The standard InChI is InChI=1S/C20H18FN3O2/c21-14-1-3-15(4-2-14)23-18-5-6-19(17-11-22-9-7-16(17)18)24-20(25)13-8-10-26-12-13/h1-7,9,11,13,23H,8,10,12H2,(H,24,25)/t13-/m1/s1. The number of ether oxygens (including phenoxy) is 1. The summed E-state index contributed by atoms with van der Waals surface area (Å²) in [4.78, 5) is 16.6. The minimum atomic E-state index is -0.279. The van der Waals surface area contributed by atoms with Crippen LogP contribution in [0.3, 0.4) is 0 Å². The predicted octanol–water partition coefficient (Wildman–Crippen LogP) is 4.09. The van der Waals surface area contributed by atoms with Crippen LogP contribution in [0.1, 0.15) is 6.42 Å². The molecule has 1 aliphatic heterocycles. The average Bonchev–Trinajstić information content (AvgIpc) is 3.20. The van der Waals surface area contributed by atoms with E-state index in [9.17, 15) is 9.18 Å². The number of fused-ring (bicyclic) bond motifs is 1. The number of halogens is 1. The number of pyridine rings is 1. The van der Waals surface area contributed by atoms with Gasteiger partial charge in [0.1, 0.15) is 5.82 Å². The summed E-state index contributed by atoms with van der Waals surface area (Å²) < 4.78 is 18.4. The quantitative estimate of drug-likeness (QED) is 0.743. The zero-order valence-electron chi connectivity index (χ0n) is 14.0. The highest BCUT2D eigenvalue weighted by molar-refractivity contribution is 6.07. The number of carbonyl (C=O) groups is 1. The summed E-state index contributed by atoms with van der Waals surface area (Å²) in [5.41, 5.74) is 2.36. The molecule has 0 bridgehead atoms. The van der Waals surface area contributed by atoms with Crippen LogP contribution in [0.15, 0.2) is 54.9 Å². The lowest BCUT2D eigenvalue weighted by atomic mass is 10.1. The third-order valence-corrected chi connectivity index (χ3v) is 4.50. The Balaban J connectivity index is 1.64. The molecule has 2 aromatic carbocycles. The maximum Gasteiger partial charge on any atom is 0.229 e. The third kappa shape index (κ3) is 3.36. The molecule has 1 amide bonds. The van der Waals surface area contributed by atoms with E-state index in [1.54, 1.807) is 24.5 Å². The molecule has 1 saturated heterocycles. The lowest BCUT2D eigenvalue weighted by molar-refractivity contribution is -0.119. The Kier molecular flexibility index (Phi) is 4.50. The number of nitrogens with one attached hydrogen (secondary N) is 2. The van der Waals surface area contributed by atoms with Gasteiger partial charge in [0.05, 0.1) is 18.2 Å². The van der Waals surface area contributed by atoms with E-state index in [-0.39, 0.29) is 17.6 Å². The monoisotopic (exact) mass is 351 g/mol. The van der Waals surface area contributed by atoms with Crippen LogP contribution in [0, 0.1) is 11.7 Å². The van der Waals surface area contributed by atoms with E-state index in [4.69, 9.17) is 4.74 Å². The zero-order valence-corrected chi connectivity index (χ0v) is 14.0. The van der Waals surface area contributed by atoms with E-state index < -0.39 is 0 Å². The average molecular weight is 351 g/mol. The fourth-order valence-electron chi connectivity index (χ4n) is 3.07. The highest BCUT2D eigenvalue weighted by Gasteiger charge is 2.24. The topological polar surface area (TPSA) is 63.2 Å². The predicted molar refractivity (Wildman–Crippen MR) is 99.0 cm³/mol. The van der Waals surface area contributed by atoms with Crippen LogP contribution in [0.5, 0.6) is 0 Å². The van der Waals surface area contributed by atoms with Crippen molar-refractivity contribution >= 4 is 33.7 Å². The number of hydrogen-bond donors (Lipinski definition) is 2. The van der Waals surface area contributed by atoms with Gasteiger partial charge < -0.3 is 15.4 Å². The van der Waals surface area contributed by atoms with Crippen LogP contribution in [0.4, 0.5) is 21.5 Å². The van der Waals surface area contributed by atoms with Crippen LogP contribution in [-0.2, 0) is 9.53 Å². The van der Waals surface area contributed by atoms with E-state index in [0.717, 1.165) is 34.3 Å². The number of anilines is 3. The molecule has 1 aromatic heterocycles. The number of carbonyl (C=O) groups excluding carboxylic acids is 1. The smallest absolute Gasteiger partial charge is 0.229 e. The molecule has 6 heteroatoms. The van der Waals surface area contributed by atoms with Gasteiger partial charge in [0.15, 0.2) is 0 Å². The molecule has 1 fully saturated rings. The minimum absolute atomic E-state index is 0.0353. The van der Waals surface area contributed by atoms with Gasteiger partial charge in [-0.15, -0.1) is 0 Å². The molecule has 3 aromatic rings. The number of amides is 1. The normalized spacial score (nSPS) is 16.6. The van der Waals surface area contributed by atoms with Crippen molar-refractivity contribution in [2.75, 3.05) is 23.8 Å². The summed E-state index contributed by atoms with van der Waals surface area (Å²) in [5, 5.41) is 8.03. The van der Waals surface area contributed by atoms with Gasteiger partial charge in [0.25, 0.3) is 0 Å². The lowest BCUT2D eigenvalue weighted by Crippen LogP contribution is -2.22. The van der Waals surface area contributed by atoms with E-state index >= 15 is 0 Å². The van der Waals surface area contributed by atoms with Crippen LogP contribution in [-0.4, -0.2) is 24.1 Å². The van der Waals surface area contributed by atoms with Crippen molar-refractivity contribution in [2.24, 2.45) is 5.92 Å². The van der Waals surface area contributed by atoms with Gasteiger partial charge in [-0.05, 0) is 48.9 Å². The first-order valence-corrected chi connectivity index (χ1v) is 8.48. The van der Waals surface area contributed by atoms with Gasteiger partial charge in [-0.3, -0.25) is 9.78 Å². The minimum Gasteiger partial charge on any atom is -0.381 e. The van der Waals surface area contributed by atoms with E-state index in [2.05, 4.69) is 15.6 Å². The second-order valence-corrected chi connectivity index (χ2v) is 6.26. The maximum atomic E-state index is 13.1. The Morgan fingerprint density at radius 3 is 2.65 bits per heavy atom. The molecule has 1 atom stereocenters. The molecule has 0 unspecified atom stereocenters. The first-order chi connectivity index (χ1) is 12.7. The van der Waals surface area contributed by atoms with Gasteiger partial charge in [-0.2, -0.15) is 0 Å². The van der Waals surface area contributed by atoms with Gasteiger partial charge in [-0.1, -0.05) is 0 Å². The van der Waals surface area contributed by atoms with Crippen molar-refractivity contribution in [3.05, 3.63) is 60.7 Å². The van der Waals surface area contributed by atoms with Gasteiger partial charge in [0, 0.05) is 41.1 Å². The number of benzene rings is 2. The Morgan fingerprint density at radius 1 is 1.08 bits per heavy atom. The fraction of sp³-hybridized carbons (Fsp3) is 0.200. The molecular weight excluding hydrogens is 333 g/mol. The summed E-state index contributed by atoms with van der Waals surface area (Å²) in [6, 6.07) is 11.8. The number of aromatic nitrogens is 1. The number of rotatable bonds is 4. The first-order valence-electron chi connectivity index (χ1n) is 8.48. The number of nitrogens with zero attached hydrogens (tertiary/aromatic N) is 1. The largest absolute Gasteiger partial charge is 0.381 e. The lowest BCUT2D eigenvalue weighted by Gasteiger charge is -2.15. The molecule has 132 valence electrons. The van der Waals surface area contributed by atoms with Gasteiger partial charge >= 0.3 is 0 Å². The van der Waals surface area contributed by atoms with Crippen molar-refractivity contribution in [2.45, 2.75) is 6.42 Å². The van der Waals surface area contributed by atoms with E-state index in [1.165, 1.54) is 12.1 Å². The second kappa shape index (κ2) is 7.09. The van der Waals surface area contributed by atoms with Crippen LogP contribution < -0.4 is 10.6 Å². The summed E-state index contributed by atoms with van der Waals surface area (Å²) in [6.07, 6.45) is 4.17. The highest BCUT2D eigenvalue weighted by Crippen LogP contribution is 2.32. The molecule has 4 rings (SSSR count). The van der Waals surface area contributed by atoms with Crippen molar-refractivity contribution in [1.29, 1.82) is 0 Å². The Labute approximate surface area is 150 Å². The molecule has 1 aliphatic rings. The first kappa shape index (κ1) is 16.5. The molecule has 0 aliphatic carbocycles. The number of hydrogen-bond acceptors (Lipinski definition) is 4. The summed E-state index contributed by atoms with van der Waals surface area (Å²) in [5.74, 6) is -0.427. The summed E-state index contributed by atoms with van der Waals surface area (Å²) in [6.45, 7) is 1.09. The van der Waals surface area contributed by atoms with Crippen molar-refractivity contribution in [1.82, 2.24) is 4.98 Å². The van der Waals surface area contributed by atoms with Gasteiger partial charge in [0.2, 0.25) is 5.91 Å². The molecule has 26 heavy (non-hydrogen) atoms. The molecular formula is C20H18FN3O2. The molecule has 2 heterocycles. The van der Waals surface area contributed by atoms with E-state index in [0.29, 0.717) is 13.2 Å². The zero-order chi connectivity index (χ0) is 17.9. The van der Waals surface area contributed by atoms with E-state index in [1.807, 2.05) is 18.2 Å².